The normalized spacial score (nSPS) is 15.2. The lowest BCUT2D eigenvalue weighted by Crippen LogP contribution is -2.30. The Bertz CT molecular complexity index is 1250. The van der Waals surface area contributed by atoms with E-state index in [2.05, 4.69) is 9.44 Å². The predicted molar refractivity (Wildman–Crippen MR) is 117 cm³/mol. The molecule has 0 radical (unpaired) electrons. The summed E-state index contributed by atoms with van der Waals surface area (Å²) in [6.45, 7) is 4.04. The van der Waals surface area contributed by atoms with E-state index in [9.17, 15) is 25.3 Å². The van der Waals surface area contributed by atoms with Crippen molar-refractivity contribution in [2.45, 2.75) is 47.4 Å². The molecule has 12 heteroatoms. The quantitative estimate of drug-likeness (QED) is 0.527. The molecule has 0 atom stereocenters. The molecule has 0 aliphatic heterocycles. The van der Waals surface area contributed by atoms with Crippen LogP contribution in [0, 0.1) is 0 Å². The molecule has 170 valence electrons. The molecule has 0 heterocycles. The average molecular weight is 488 g/mol. The Kier molecular flexibility index (Phi) is 6.77. The summed E-state index contributed by atoms with van der Waals surface area (Å²) >= 11 is 0. The zero-order valence-electron chi connectivity index (χ0n) is 17.1. The second-order valence-electron chi connectivity index (χ2n) is 7.09. The molecule has 1 saturated carbocycles. The zero-order chi connectivity index (χ0) is 22.9. The monoisotopic (exact) mass is 487 g/mol. The van der Waals surface area contributed by atoms with E-state index in [1.165, 1.54) is 52.8 Å². The van der Waals surface area contributed by atoms with Crippen molar-refractivity contribution in [1.29, 1.82) is 0 Å². The van der Waals surface area contributed by atoms with Crippen LogP contribution >= 0.6 is 0 Å². The van der Waals surface area contributed by atoms with Gasteiger partial charge in [-0.2, -0.15) is 4.31 Å². The summed E-state index contributed by atoms with van der Waals surface area (Å²) < 4.78 is 81.4. The molecule has 2 aromatic rings. The van der Waals surface area contributed by atoms with Gasteiger partial charge in [-0.15, -0.1) is 0 Å². The molecule has 0 unspecified atom stereocenters. The lowest BCUT2D eigenvalue weighted by Gasteiger charge is -2.18. The second-order valence-corrected chi connectivity index (χ2v) is 12.4. The van der Waals surface area contributed by atoms with Gasteiger partial charge in [-0.1, -0.05) is 19.9 Å². The summed E-state index contributed by atoms with van der Waals surface area (Å²) in [6.07, 6.45) is 1.57. The van der Waals surface area contributed by atoms with Gasteiger partial charge in [-0.25, -0.2) is 30.0 Å². The van der Waals surface area contributed by atoms with Gasteiger partial charge in [0.15, 0.2) is 0 Å². The summed E-state index contributed by atoms with van der Waals surface area (Å²) in [5.74, 6) is 0. The first kappa shape index (κ1) is 23.7. The van der Waals surface area contributed by atoms with E-state index in [1.807, 2.05) is 0 Å². The van der Waals surface area contributed by atoms with Crippen molar-refractivity contribution >= 4 is 35.8 Å². The SMILES string of the molecule is CCN(CC)S(=O)(=O)c1ccc(S(=O)(=O)Nc2cccc(S(=O)(=O)NC3CC3)c2)cc1. The molecule has 2 aromatic carbocycles. The predicted octanol–water partition coefficient (Wildman–Crippen LogP) is 1.96. The number of nitrogens with one attached hydrogen (secondary N) is 2. The number of sulfonamides is 3. The van der Waals surface area contributed by atoms with E-state index in [-0.39, 0.29) is 26.4 Å². The minimum Gasteiger partial charge on any atom is -0.280 e. The molecule has 31 heavy (non-hydrogen) atoms. The van der Waals surface area contributed by atoms with Crippen molar-refractivity contribution in [3.63, 3.8) is 0 Å². The first-order valence-corrected chi connectivity index (χ1v) is 14.2. The number of hydrogen-bond donors (Lipinski definition) is 2. The van der Waals surface area contributed by atoms with Crippen molar-refractivity contribution in [2.75, 3.05) is 17.8 Å². The highest BCUT2D eigenvalue weighted by molar-refractivity contribution is 7.92. The van der Waals surface area contributed by atoms with E-state index >= 15 is 0 Å². The van der Waals surface area contributed by atoms with Crippen LogP contribution in [0.5, 0.6) is 0 Å². The molecule has 1 fully saturated rings. The Morgan fingerprint density at radius 1 is 0.806 bits per heavy atom. The fraction of sp³-hybridized carbons (Fsp3) is 0.368. The highest BCUT2D eigenvalue weighted by atomic mass is 32.2. The van der Waals surface area contributed by atoms with Crippen molar-refractivity contribution in [2.24, 2.45) is 0 Å². The summed E-state index contributed by atoms with van der Waals surface area (Å²) in [4.78, 5) is -0.190. The van der Waals surface area contributed by atoms with Crippen LogP contribution in [0.4, 0.5) is 5.69 Å². The topological polar surface area (TPSA) is 130 Å². The lowest BCUT2D eigenvalue weighted by atomic mass is 10.3. The van der Waals surface area contributed by atoms with Crippen LogP contribution in [0.2, 0.25) is 0 Å². The number of hydrogen-bond acceptors (Lipinski definition) is 6. The number of nitrogens with zero attached hydrogens (tertiary/aromatic N) is 1. The van der Waals surface area contributed by atoms with E-state index in [4.69, 9.17) is 0 Å². The van der Waals surface area contributed by atoms with Crippen molar-refractivity contribution in [3.05, 3.63) is 48.5 Å². The van der Waals surface area contributed by atoms with Gasteiger partial charge in [0, 0.05) is 19.1 Å². The fourth-order valence-corrected chi connectivity index (χ4v) is 6.79. The largest absolute Gasteiger partial charge is 0.280 e. The molecule has 9 nitrogen and oxygen atoms in total. The summed E-state index contributed by atoms with van der Waals surface area (Å²) in [6, 6.07) is 10.3. The third-order valence-corrected chi connectivity index (χ3v) is 9.75. The summed E-state index contributed by atoms with van der Waals surface area (Å²) in [7, 11) is -11.5. The Morgan fingerprint density at radius 3 is 1.94 bits per heavy atom. The average Bonchev–Trinajstić information content (AvgIpc) is 3.52. The Balaban J connectivity index is 1.82. The van der Waals surface area contributed by atoms with Crippen LogP contribution in [0.25, 0.3) is 0 Å². The first-order valence-electron chi connectivity index (χ1n) is 9.75. The van der Waals surface area contributed by atoms with Crippen molar-refractivity contribution in [1.82, 2.24) is 9.03 Å². The standard InChI is InChI=1S/C19H25N3O6S3/c1-3-22(4-2)31(27,28)18-12-10-17(11-13-18)29(23,24)21-16-6-5-7-19(14-16)30(25,26)20-15-8-9-15/h5-7,10-15,20-21H,3-4,8-9H2,1-2H3. The Labute approximate surface area is 183 Å². The van der Waals surface area contributed by atoms with Crippen LogP contribution in [0.15, 0.2) is 63.2 Å². The third kappa shape index (κ3) is 5.44. The van der Waals surface area contributed by atoms with Crippen LogP contribution < -0.4 is 9.44 Å². The third-order valence-electron chi connectivity index (χ3n) is 4.77. The van der Waals surface area contributed by atoms with Crippen LogP contribution in [0.3, 0.4) is 0 Å². The minimum absolute atomic E-state index is 0.00519. The first-order chi connectivity index (χ1) is 14.5. The van der Waals surface area contributed by atoms with Gasteiger partial charge in [-0.3, -0.25) is 4.72 Å². The maximum atomic E-state index is 12.7. The molecular weight excluding hydrogens is 462 g/mol. The summed E-state index contributed by atoms with van der Waals surface area (Å²) in [5.41, 5.74) is 0.0820. The maximum Gasteiger partial charge on any atom is 0.261 e. The van der Waals surface area contributed by atoms with Crippen molar-refractivity contribution < 1.29 is 25.3 Å². The second kappa shape index (κ2) is 8.87. The fourth-order valence-electron chi connectivity index (χ4n) is 2.93. The smallest absolute Gasteiger partial charge is 0.261 e. The molecule has 1 aliphatic rings. The van der Waals surface area contributed by atoms with Gasteiger partial charge in [0.2, 0.25) is 20.0 Å². The maximum absolute atomic E-state index is 12.7. The number of anilines is 1. The highest BCUT2D eigenvalue weighted by Crippen LogP contribution is 2.25. The van der Waals surface area contributed by atoms with Gasteiger partial charge in [-0.05, 0) is 55.3 Å². The van der Waals surface area contributed by atoms with Gasteiger partial charge >= 0.3 is 0 Å². The van der Waals surface area contributed by atoms with Crippen LogP contribution in [0.1, 0.15) is 26.7 Å². The molecule has 2 N–H and O–H groups in total. The van der Waals surface area contributed by atoms with Gasteiger partial charge < -0.3 is 0 Å². The highest BCUT2D eigenvalue weighted by Gasteiger charge is 2.28. The van der Waals surface area contributed by atoms with Crippen molar-refractivity contribution in [3.8, 4) is 0 Å². The van der Waals surface area contributed by atoms with Gasteiger partial charge in [0.05, 0.1) is 20.4 Å². The van der Waals surface area contributed by atoms with E-state index in [1.54, 1.807) is 13.8 Å². The number of benzene rings is 2. The summed E-state index contributed by atoms with van der Waals surface area (Å²) in [5, 5.41) is 0. The van der Waals surface area contributed by atoms with Gasteiger partial charge in [0.25, 0.3) is 10.0 Å². The Morgan fingerprint density at radius 2 is 1.39 bits per heavy atom. The molecule has 0 spiro atoms. The molecular formula is C19H25N3O6S3. The Hall–Kier alpha value is -1.99. The molecule has 1 aliphatic carbocycles. The van der Waals surface area contributed by atoms with E-state index in [0.29, 0.717) is 13.1 Å². The molecule has 0 bridgehead atoms. The zero-order valence-corrected chi connectivity index (χ0v) is 19.6. The van der Waals surface area contributed by atoms with Crippen LogP contribution in [-0.2, 0) is 30.1 Å². The molecule has 3 rings (SSSR count). The van der Waals surface area contributed by atoms with E-state index in [0.717, 1.165) is 12.8 Å². The minimum atomic E-state index is -4.05. The van der Waals surface area contributed by atoms with E-state index < -0.39 is 30.1 Å². The molecule has 0 aromatic heterocycles. The lowest BCUT2D eigenvalue weighted by molar-refractivity contribution is 0.445. The van der Waals surface area contributed by atoms with Gasteiger partial charge in [0.1, 0.15) is 0 Å². The van der Waals surface area contributed by atoms with Crippen LogP contribution in [-0.4, -0.2) is 48.7 Å². The molecule has 0 amide bonds. The molecule has 0 saturated heterocycles. The number of rotatable bonds is 10.